The number of ketones is 1. The second-order valence-electron chi connectivity index (χ2n) is 6.10. The maximum absolute atomic E-state index is 14.0. The second-order valence-corrected chi connectivity index (χ2v) is 6.10. The van der Waals surface area contributed by atoms with Gasteiger partial charge in [-0.1, -0.05) is 6.07 Å². The standard InChI is InChI=1S/C20H18F2N4O3/c1-11(27)17-20(29-19(26-17)16-14(21)3-2-4-15(16)22)25-13-7-5-12(6-8-13)18(28)24-10-9-23/h2-8,25H,9-10,23H2,1H3,(H,24,28). The number of hydrogen-bond acceptors (Lipinski definition) is 6. The van der Waals surface area contributed by atoms with Gasteiger partial charge < -0.3 is 20.8 Å². The molecule has 0 aliphatic heterocycles. The average molecular weight is 400 g/mol. The van der Waals surface area contributed by atoms with Crippen LogP contribution in [0.1, 0.15) is 27.8 Å². The quantitative estimate of drug-likeness (QED) is 0.525. The molecule has 7 nitrogen and oxygen atoms in total. The molecule has 1 heterocycles. The lowest BCUT2D eigenvalue weighted by atomic mass is 10.2. The molecule has 0 saturated heterocycles. The van der Waals surface area contributed by atoms with Crippen molar-refractivity contribution in [3.05, 3.63) is 65.4 Å². The molecule has 9 heteroatoms. The van der Waals surface area contributed by atoms with E-state index in [-0.39, 0.29) is 23.4 Å². The van der Waals surface area contributed by atoms with Crippen LogP contribution in [-0.2, 0) is 0 Å². The summed E-state index contributed by atoms with van der Waals surface area (Å²) in [5.74, 6) is -2.86. The molecule has 0 saturated carbocycles. The van der Waals surface area contributed by atoms with E-state index in [0.29, 0.717) is 24.3 Å². The third kappa shape index (κ3) is 4.46. The van der Waals surface area contributed by atoms with Gasteiger partial charge in [0.15, 0.2) is 11.5 Å². The summed E-state index contributed by atoms with van der Waals surface area (Å²) in [5.41, 5.74) is 5.69. The number of nitrogens with one attached hydrogen (secondary N) is 2. The molecule has 0 fully saturated rings. The number of rotatable bonds is 7. The van der Waals surface area contributed by atoms with Gasteiger partial charge in [0, 0.05) is 31.3 Å². The summed E-state index contributed by atoms with van der Waals surface area (Å²) in [6.07, 6.45) is 0. The highest BCUT2D eigenvalue weighted by atomic mass is 19.1. The van der Waals surface area contributed by atoms with E-state index in [1.807, 2.05) is 0 Å². The number of nitrogens with zero attached hydrogens (tertiary/aromatic N) is 1. The van der Waals surface area contributed by atoms with Crippen LogP contribution in [0.2, 0.25) is 0 Å². The number of nitrogens with two attached hydrogens (primary N) is 1. The Bertz CT molecular complexity index is 1030. The van der Waals surface area contributed by atoms with E-state index < -0.39 is 23.0 Å². The lowest BCUT2D eigenvalue weighted by Gasteiger charge is -2.06. The Morgan fingerprint density at radius 1 is 1.10 bits per heavy atom. The van der Waals surface area contributed by atoms with Gasteiger partial charge in [0.05, 0.1) is 0 Å². The zero-order valence-corrected chi connectivity index (χ0v) is 15.5. The maximum atomic E-state index is 14.0. The molecule has 0 atom stereocenters. The first kappa shape index (κ1) is 20.2. The van der Waals surface area contributed by atoms with Crippen LogP contribution in [0.5, 0.6) is 0 Å². The van der Waals surface area contributed by atoms with Gasteiger partial charge in [-0.2, -0.15) is 0 Å². The molecule has 4 N–H and O–H groups in total. The van der Waals surface area contributed by atoms with Crippen molar-refractivity contribution in [3.63, 3.8) is 0 Å². The fourth-order valence-electron chi connectivity index (χ4n) is 2.58. The number of oxazole rings is 1. The summed E-state index contributed by atoms with van der Waals surface area (Å²) in [5, 5.41) is 5.49. The fraction of sp³-hybridized carbons (Fsp3) is 0.150. The van der Waals surface area contributed by atoms with E-state index in [1.165, 1.54) is 13.0 Å². The molecule has 0 aliphatic carbocycles. The Morgan fingerprint density at radius 2 is 1.76 bits per heavy atom. The third-order valence-corrected chi connectivity index (χ3v) is 3.97. The summed E-state index contributed by atoms with van der Waals surface area (Å²) < 4.78 is 33.5. The van der Waals surface area contributed by atoms with E-state index in [1.54, 1.807) is 24.3 Å². The van der Waals surface area contributed by atoms with E-state index in [0.717, 1.165) is 12.1 Å². The molecule has 0 unspecified atom stereocenters. The molecule has 2 aromatic carbocycles. The average Bonchev–Trinajstić information content (AvgIpc) is 3.10. The predicted octanol–water partition coefficient (Wildman–Crippen LogP) is 3.25. The van der Waals surface area contributed by atoms with Crippen LogP contribution < -0.4 is 16.4 Å². The van der Waals surface area contributed by atoms with Gasteiger partial charge in [-0.25, -0.2) is 13.8 Å². The topological polar surface area (TPSA) is 110 Å². The van der Waals surface area contributed by atoms with Crippen LogP contribution in [0.25, 0.3) is 11.5 Å². The van der Waals surface area contributed by atoms with Gasteiger partial charge >= 0.3 is 0 Å². The van der Waals surface area contributed by atoms with Crippen LogP contribution in [0.4, 0.5) is 20.4 Å². The second kappa shape index (κ2) is 8.61. The van der Waals surface area contributed by atoms with Gasteiger partial charge in [0.2, 0.25) is 11.8 Å². The van der Waals surface area contributed by atoms with Gasteiger partial charge in [-0.05, 0) is 36.4 Å². The van der Waals surface area contributed by atoms with Crippen molar-refractivity contribution < 1.29 is 22.8 Å². The molecule has 0 spiro atoms. The Labute approximate surface area is 164 Å². The highest BCUT2D eigenvalue weighted by Crippen LogP contribution is 2.31. The minimum Gasteiger partial charge on any atom is -0.419 e. The number of halogens is 2. The largest absolute Gasteiger partial charge is 0.419 e. The van der Waals surface area contributed by atoms with Gasteiger partial charge in [0.25, 0.3) is 5.91 Å². The van der Waals surface area contributed by atoms with Crippen molar-refractivity contribution in [1.82, 2.24) is 10.3 Å². The van der Waals surface area contributed by atoms with Crippen LogP contribution in [-0.4, -0.2) is 29.8 Å². The number of hydrogen-bond donors (Lipinski definition) is 3. The smallest absolute Gasteiger partial charge is 0.251 e. The number of carbonyl (C=O) groups is 2. The Morgan fingerprint density at radius 3 is 2.34 bits per heavy atom. The number of benzene rings is 2. The van der Waals surface area contributed by atoms with E-state index in [9.17, 15) is 18.4 Å². The summed E-state index contributed by atoms with van der Waals surface area (Å²) in [4.78, 5) is 27.8. The number of carbonyl (C=O) groups excluding carboxylic acids is 2. The summed E-state index contributed by atoms with van der Waals surface area (Å²) in [7, 11) is 0. The lowest BCUT2D eigenvalue weighted by molar-refractivity contribution is 0.0953. The van der Waals surface area contributed by atoms with Crippen molar-refractivity contribution >= 4 is 23.3 Å². The minimum absolute atomic E-state index is 0.0597. The van der Waals surface area contributed by atoms with Crippen molar-refractivity contribution in [2.75, 3.05) is 18.4 Å². The molecule has 1 aromatic heterocycles. The molecule has 3 rings (SSSR count). The van der Waals surface area contributed by atoms with Crippen molar-refractivity contribution in [3.8, 4) is 11.5 Å². The maximum Gasteiger partial charge on any atom is 0.251 e. The van der Waals surface area contributed by atoms with Gasteiger partial charge in [-0.15, -0.1) is 0 Å². The fourth-order valence-corrected chi connectivity index (χ4v) is 2.58. The molecular weight excluding hydrogens is 382 g/mol. The molecule has 29 heavy (non-hydrogen) atoms. The zero-order chi connectivity index (χ0) is 21.0. The van der Waals surface area contributed by atoms with Crippen molar-refractivity contribution in [1.29, 1.82) is 0 Å². The van der Waals surface area contributed by atoms with Crippen molar-refractivity contribution in [2.24, 2.45) is 5.73 Å². The molecule has 0 radical (unpaired) electrons. The summed E-state index contributed by atoms with van der Waals surface area (Å²) in [6.45, 7) is 1.94. The SMILES string of the molecule is CC(=O)c1nc(-c2c(F)cccc2F)oc1Nc1ccc(C(=O)NCCN)cc1. The first-order valence-electron chi connectivity index (χ1n) is 8.72. The predicted molar refractivity (Wildman–Crippen MR) is 103 cm³/mol. The summed E-state index contributed by atoms with van der Waals surface area (Å²) in [6, 6.07) is 9.66. The molecule has 3 aromatic rings. The number of aromatic nitrogens is 1. The van der Waals surface area contributed by atoms with Gasteiger partial charge in [0.1, 0.15) is 17.2 Å². The first-order valence-corrected chi connectivity index (χ1v) is 8.72. The van der Waals surface area contributed by atoms with E-state index >= 15 is 0 Å². The Kier molecular flexibility index (Phi) is 5.99. The van der Waals surface area contributed by atoms with Crippen LogP contribution in [0.3, 0.4) is 0 Å². The first-order chi connectivity index (χ1) is 13.9. The Hall–Kier alpha value is -3.59. The number of anilines is 2. The highest BCUT2D eigenvalue weighted by molar-refractivity contribution is 5.98. The Balaban J connectivity index is 1.88. The van der Waals surface area contributed by atoms with Gasteiger partial charge in [-0.3, -0.25) is 9.59 Å². The normalized spacial score (nSPS) is 10.6. The van der Waals surface area contributed by atoms with Crippen molar-refractivity contribution in [2.45, 2.75) is 6.92 Å². The monoisotopic (exact) mass is 400 g/mol. The van der Waals surface area contributed by atoms with Crippen LogP contribution in [0.15, 0.2) is 46.9 Å². The molecular formula is C20H18F2N4O3. The summed E-state index contributed by atoms with van der Waals surface area (Å²) >= 11 is 0. The van der Waals surface area contributed by atoms with E-state index in [4.69, 9.17) is 10.2 Å². The zero-order valence-electron chi connectivity index (χ0n) is 15.5. The number of Topliss-reactive ketones (excluding diaryl/α,β-unsaturated/α-hetero) is 1. The van der Waals surface area contributed by atoms with E-state index in [2.05, 4.69) is 15.6 Å². The van der Waals surface area contributed by atoms with Crippen LogP contribution >= 0.6 is 0 Å². The third-order valence-electron chi connectivity index (χ3n) is 3.97. The molecule has 0 bridgehead atoms. The number of amides is 1. The molecule has 1 amide bonds. The highest BCUT2D eigenvalue weighted by Gasteiger charge is 2.23. The minimum atomic E-state index is -0.860. The van der Waals surface area contributed by atoms with Crippen LogP contribution in [0, 0.1) is 11.6 Å². The molecule has 0 aliphatic rings. The lowest BCUT2D eigenvalue weighted by Crippen LogP contribution is -2.28. The molecule has 150 valence electrons.